The molecule has 4 nitrogen and oxygen atoms in total. The largest absolute Gasteiger partial charge is 0.508 e. The number of nitrogens with zero attached hydrogens (tertiary/aromatic N) is 1. The van der Waals surface area contributed by atoms with Crippen molar-refractivity contribution < 1.29 is 9.90 Å². The van der Waals surface area contributed by atoms with Gasteiger partial charge >= 0.3 is 0 Å². The maximum Gasteiger partial charge on any atom is 0.267 e. The summed E-state index contributed by atoms with van der Waals surface area (Å²) in [4.78, 5) is 16.6. The van der Waals surface area contributed by atoms with Crippen molar-refractivity contribution in [2.75, 3.05) is 5.32 Å². The Morgan fingerprint density at radius 2 is 2.00 bits per heavy atom. The van der Waals surface area contributed by atoms with Gasteiger partial charge in [0.25, 0.3) is 5.91 Å². The molecule has 0 fully saturated rings. The minimum atomic E-state index is -0.172. The van der Waals surface area contributed by atoms with E-state index in [-0.39, 0.29) is 11.7 Å². The number of phenols is 1. The van der Waals surface area contributed by atoms with Gasteiger partial charge in [-0.2, -0.15) is 0 Å². The van der Waals surface area contributed by atoms with Crippen LogP contribution in [-0.2, 0) is 0 Å². The van der Waals surface area contributed by atoms with Gasteiger partial charge < -0.3 is 10.4 Å². The van der Waals surface area contributed by atoms with E-state index in [1.165, 1.54) is 11.3 Å². The van der Waals surface area contributed by atoms with Gasteiger partial charge in [-0.25, -0.2) is 4.98 Å². The first-order valence-corrected chi connectivity index (χ1v) is 6.33. The molecule has 2 N–H and O–H groups in total. The third kappa shape index (κ3) is 2.51. The summed E-state index contributed by atoms with van der Waals surface area (Å²) in [6.45, 7) is 5.49. The number of hydrogen-bond acceptors (Lipinski definition) is 4. The summed E-state index contributed by atoms with van der Waals surface area (Å²) >= 11 is 1.36. The molecule has 0 saturated carbocycles. The molecule has 1 aromatic heterocycles. The highest BCUT2D eigenvalue weighted by Crippen LogP contribution is 2.25. The molecule has 0 aliphatic heterocycles. The van der Waals surface area contributed by atoms with Gasteiger partial charge in [-0.1, -0.05) is 0 Å². The summed E-state index contributed by atoms with van der Waals surface area (Å²) < 4.78 is 0. The van der Waals surface area contributed by atoms with Crippen LogP contribution in [0.25, 0.3) is 0 Å². The van der Waals surface area contributed by atoms with E-state index in [2.05, 4.69) is 10.3 Å². The first kappa shape index (κ1) is 12.6. The van der Waals surface area contributed by atoms with Crippen LogP contribution in [0, 0.1) is 20.8 Å². The van der Waals surface area contributed by atoms with Crippen LogP contribution in [0.15, 0.2) is 18.3 Å². The van der Waals surface area contributed by atoms with E-state index in [1.54, 1.807) is 25.3 Å². The lowest BCUT2D eigenvalue weighted by molar-refractivity contribution is 0.103. The normalized spacial score (nSPS) is 10.4. The van der Waals surface area contributed by atoms with Gasteiger partial charge in [-0.05, 0) is 44.0 Å². The number of aryl methyl sites for hydroxylation is 3. The molecule has 1 heterocycles. The van der Waals surface area contributed by atoms with Gasteiger partial charge in [0.1, 0.15) is 10.6 Å². The predicted molar refractivity (Wildman–Crippen MR) is 72.4 cm³/mol. The summed E-state index contributed by atoms with van der Waals surface area (Å²) in [6, 6.07) is 3.40. The zero-order valence-corrected chi connectivity index (χ0v) is 11.3. The average Bonchev–Trinajstić information content (AvgIpc) is 2.73. The van der Waals surface area contributed by atoms with E-state index in [4.69, 9.17) is 0 Å². The zero-order valence-electron chi connectivity index (χ0n) is 10.4. The summed E-state index contributed by atoms with van der Waals surface area (Å²) in [5.41, 5.74) is 2.27. The van der Waals surface area contributed by atoms with Gasteiger partial charge in [0.15, 0.2) is 0 Å². The van der Waals surface area contributed by atoms with Crippen molar-refractivity contribution in [2.24, 2.45) is 0 Å². The fraction of sp³-hybridized carbons (Fsp3) is 0.231. The quantitative estimate of drug-likeness (QED) is 0.818. The number of phenolic OH excluding ortho intramolecular Hbond substituents is 1. The number of carbonyl (C=O) groups is 1. The molecule has 0 spiro atoms. The first-order valence-electron chi connectivity index (χ1n) is 5.51. The summed E-state index contributed by atoms with van der Waals surface area (Å²) in [7, 11) is 0. The van der Waals surface area contributed by atoms with Crippen molar-refractivity contribution in [1.82, 2.24) is 4.98 Å². The molecule has 0 saturated heterocycles. The second kappa shape index (κ2) is 4.78. The second-order valence-electron chi connectivity index (χ2n) is 4.15. The number of amides is 1. The van der Waals surface area contributed by atoms with Crippen molar-refractivity contribution in [2.45, 2.75) is 20.8 Å². The monoisotopic (exact) mass is 262 g/mol. The van der Waals surface area contributed by atoms with Crippen LogP contribution in [0.1, 0.15) is 25.8 Å². The number of carbonyl (C=O) groups excluding carboxylic acids is 1. The topological polar surface area (TPSA) is 62.2 Å². The third-order valence-corrected chi connectivity index (χ3v) is 3.55. The lowest BCUT2D eigenvalue weighted by Gasteiger charge is -2.09. The van der Waals surface area contributed by atoms with Crippen LogP contribution in [-0.4, -0.2) is 16.0 Å². The fourth-order valence-electron chi connectivity index (χ4n) is 1.59. The molecule has 0 atom stereocenters. The molecule has 1 amide bonds. The maximum absolute atomic E-state index is 12.0. The summed E-state index contributed by atoms with van der Waals surface area (Å²) in [5, 5.41) is 13.2. The number of rotatable bonds is 2. The number of anilines is 1. The van der Waals surface area contributed by atoms with Crippen LogP contribution in [0.3, 0.4) is 0 Å². The Labute approximate surface area is 109 Å². The Hall–Kier alpha value is -1.88. The fourth-order valence-corrected chi connectivity index (χ4v) is 2.26. The maximum atomic E-state index is 12.0. The van der Waals surface area contributed by atoms with Crippen molar-refractivity contribution in [1.29, 1.82) is 0 Å². The molecule has 5 heteroatoms. The molecule has 2 rings (SSSR count). The molecule has 94 valence electrons. The highest BCUT2D eigenvalue weighted by Gasteiger charge is 2.11. The van der Waals surface area contributed by atoms with Gasteiger partial charge in [0.2, 0.25) is 0 Å². The van der Waals surface area contributed by atoms with Gasteiger partial charge in [-0.3, -0.25) is 4.79 Å². The van der Waals surface area contributed by atoms with Gasteiger partial charge in [0, 0.05) is 5.69 Å². The number of benzene rings is 1. The highest BCUT2D eigenvalue weighted by molar-refractivity contribution is 7.13. The molecule has 0 bridgehead atoms. The Morgan fingerprint density at radius 3 is 2.61 bits per heavy atom. The molecule has 1 aromatic carbocycles. The molecule has 0 aliphatic carbocycles. The van der Waals surface area contributed by atoms with Crippen molar-refractivity contribution in [3.8, 4) is 5.75 Å². The van der Waals surface area contributed by atoms with E-state index in [0.717, 1.165) is 16.1 Å². The van der Waals surface area contributed by atoms with E-state index in [1.807, 2.05) is 13.8 Å². The minimum absolute atomic E-state index is 0.172. The minimum Gasteiger partial charge on any atom is -0.508 e. The molecular formula is C13H14N2O2S. The predicted octanol–water partition coefficient (Wildman–Crippen LogP) is 3.03. The van der Waals surface area contributed by atoms with Crippen LogP contribution in [0.2, 0.25) is 0 Å². The average molecular weight is 262 g/mol. The summed E-state index contributed by atoms with van der Waals surface area (Å²) in [5.74, 6) is 0.0629. The third-order valence-electron chi connectivity index (χ3n) is 2.64. The SMILES string of the molecule is Cc1ncc(C(=O)Nc2cc(C)c(O)cc2C)s1. The van der Waals surface area contributed by atoms with Crippen molar-refractivity contribution in [3.63, 3.8) is 0 Å². The molecule has 0 radical (unpaired) electrons. The molecule has 0 aliphatic rings. The Balaban J connectivity index is 2.24. The van der Waals surface area contributed by atoms with Crippen LogP contribution in [0.4, 0.5) is 5.69 Å². The second-order valence-corrected chi connectivity index (χ2v) is 5.39. The lowest BCUT2D eigenvalue weighted by atomic mass is 10.1. The standard InChI is InChI=1S/C13H14N2O2S/c1-7-5-11(16)8(2)4-10(7)15-13(17)12-6-14-9(3)18-12/h4-6,16H,1-3H3,(H,15,17). The number of thiazole rings is 1. The van der Waals surface area contributed by atoms with Crippen molar-refractivity contribution in [3.05, 3.63) is 39.3 Å². The molecular weight excluding hydrogens is 248 g/mol. The zero-order chi connectivity index (χ0) is 13.3. The number of nitrogens with one attached hydrogen (secondary N) is 1. The van der Waals surface area contributed by atoms with Gasteiger partial charge in [0.05, 0.1) is 11.2 Å². The Bertz CT molecular complexity index is 605. The van der Waals surface area contributed by atoms with E-state index >= 15 is 0 Å². The van der Waals surface area contributed by atoms with Crippen molar-refractivity contribution >= 4 is 22.9 Å². The van der Waals surface area contributed by atoms with Crippen LogP contribution in [0.5, 0.6) is 5.75 Å². The molecule has 2 aromatic rings. The Kier molecular flexibility index (Phi) is 3.34. The Morgan fingerprint density at radius 1 is 1.28 bits per heavy atom. The van der Waals surface area contributed by atoms with E-state index in [0.29, 0.717) is 10.6 Å². The number of hydrogen-bond donors (Lipinski definition) is 2. The van der Waals surface area contributed by atoms with Gasteiger partial charge in [-0.15, -0.1) is 11.3 Å². The molecule has 0 unspecified atom stereocenters. The van der Waals surface area contributed by atoms with Crippen LogP contribution >= 0.6 is 11.3 Å². The first-order chi connectivity index (χ1) is 8.47. The van der Waals surface area contributed by atoms with E-state index in [9.17, 15) is 9.90 Å². The number of aromatic hydroxyl groups is 1. The lowest BCUT2D eigenvalue weighted by Crippen LogP contribution is -2.11. The van der Waals surface area contributed by atoms with E-state index < -0.39 is 0 Å². The smallest absolute Gasteiger partial charge is 0.267 e. The number of aromatic nitrogens is 1. The highest BCUT2D eigenvalue weighted by atomic mass is 32.1. The van der Waals surface area contributed by atoms with Crippen LogP contribution < -0.4 is 5.32 Å². The molecule has 18 heavy (non-hydrogen) atoms. The summed E-state index contributed by atoms with van der Waals surface area (Å²) in [6.07, 6.45) is 1.57.